The number of ether oxygens (including phenoxy) is 1. The molecule has 0 spiro atoms. The fourth-order valence-electron chi connectivity index (χ4n) is 8.48. The number of likely N-dealkylation sites (tertiary alicyclic amines) is 1. The molecule has 0 aliphatic carbocycles. The van der Waals surface area contributed by atoms with Gasteiger partial charge in [-0.3, -0.25) is 38.9 Å². The normalized spacial score (nSPS) is 16.8. The van der Waals surface area contributed by atoms with Gasteiger partial charge in [-0.2, -0.15) is 0 Å². The molecule has 2 fully saturated rings. The van der Waals surface area contributed by atoms with Gasteiger partial charge in [0.1, 0.15) is 29.7 Å². The van der Waals surface area contributed by atoms with Gasteiger partial charge >= 0.3 is 0 Å². The smallest absolute Gasteiger partial charge is 0.264 e. The van der Waals surface area contributed by atoms with Crippen LogP contribution in [0.3, 0.4) is 0 Å². The van der Waals surface area contributed by atoms with Crippen LogP contribution in [0.5, 0.6) is 0 Å². The first kappa shape index (κ1) is 44.7. The zero-order valence-corrected chi connectivity index (χ0v) is 36.4. The van der Waals surface area contributed by atoms with Gasteiger partial charge in [0.25, 0.3) is 11.8 Å². The number of carbonyl (C=O) groups is 5. The van der Waals surface area contributed by atoms with Crippen molar-refractivity contribution in [1.82, 2.24) is 34.6 Å². The Kier molecular flexibility index (Phi) is 12.9. The molecule has 3 aliphatic rings. The Labute approximate surface area is 372 Å². The van der Waals surface area contributed by atoms with Crippen molar-refractivity contribution in [2.24, 2.45) is 0 Å². The fourth-order valence-corrected chi connectivity index (χ4v) is 9.61. The lowest BCUT2D eigenvalue weighted by molar-refractivity contribution is -0.136. The van der Waals surface area contributed by atoms with Crippen LogP contribution < -0.4 is 20.3 Å². The van der Waals surface area contributed by atoms with Crippen LogP contribution in [-0.2, 0) is 29.1 Å². The molecule has 3 aromatic heterocycles. The van der Waals surface area contributed by atoms with Gasteiger partial charge in [0.2, 0.25) is 27.7 Å². The van der Waals surface area contributed by atoms with Crippen molar-refractivity contribution in [3.63, 3.8) is 0 Å². The zero-order valence-electron chi connectivity index (χ0n) is 35.6. The minimum absolute atomic E-state index is 0.0114. The minimum Gasteiger partial charge on any atom is -0.382 e. The van der Waals surface area contributed by atoms with Crippen LogP contribution in [0.1, 0.15) is 66.2 Å². The van der Waals surface area contributed by atoms with Gasteiger partial charge in [0, 0.05) is 74.5 Å². The van der Waals surface area contributed by atoms with Gasteiger partial charge in [-0.15, -0.1) is 0 Å². The average molecular weight is 913 g/mol. The highest BCUT2D eigenvalue weighted by Gasteiger charge is 2.45. The lowest BCUT2D eigenvalue weighted by Gasteiger charge is -2.37. The third-order valence-electron chi connectivity index (χ3n) is 11.8. The van der Waals surface area contributed by atoms with Gasteiger partial charge in [-0.05, 0) is 62.1 Å². The van der Waals surface area contributed by atoms with Crippen LogP contribution >= 0.6 is 0 Å². The number of hydrogen-bond donors (Lipinski definition) is 3. The molecule has 3 N–H and O–H groups in total. The molecule has 2 saturated heterocycles. The zero-order chi connectivity index (χ0) is 46.0. The number of carbonyl (C=O) groups excluding carboxylic acids is 5. The summed E-state index contributed by atoms with van der Waals surface area (Å²) in [7, 11) is -1.97. The van der Waals surface area contributed by atoms with E-state index in [2.05, 4.69) is 25.3 Å². The highest BCUT2D eigenvalue weighted by molar-refractivity contribution is 7.92. The van der Waals surface area contributed by atoms with E-state index in [0.717, 1.165) is 17.0 Å². The fraction of sp³-hybridized carbons (Fsp3) is 0.364. The number of sulfonamides is 1. The van der Waals surface area contributed by atoms with E-state index in [1.807, 2.05) is 11.9 Å². The summed E-state index contributed by atoms with van der Waals surface area (Å²) < 4.78 is 65.9. The topological polar surface area (TPSA) is 218 Å². The Morgan fingerprint density at radius 2 is 1.72 bits per heavy atom. The molecule has 0 bridgehead atoms. The van der Waals surface area contributed by atoms with Crippen LogP contribution in [0.4, 0.5) is 26.0 Å². The summed E-state index contributed by atoms with van der Waals surface area (Å²) in [5, 5.41) is 5.31. The molecule has 1 unspecified atom stereocenters. The second-order valence-corrected chi connectivity index (χ2v) is 17.8. The molecule has 8 rings (SSSR count). The van der Waals surface area contributed by atoms with Crippen molar-refractivity contribution in [2.75, 3.05) is 60.6 Å². The van der Waals surface area contributed by atoms with Crippen molar-refractivity contribution in [3.8, 4) is 16.8 Å². The second kappa shape index (κ2) is 18.7. The number of nitrogens with zero attached hydrogens (tertiary/aromatic N) is 7. The van der Waals surface area contributed by atoms with Crippen LogP contribution in [0.15, 0.2) is 67.4 Å². The lowest BCUT2D eigenvalue weighted by atomic mass is 10.0. The Morgan fingerprint density at radius 1 is 0.954 bits per heavy atom. The highest BCUT2D eigenvalue weighted by atomic mass is 32.2. The van der Waals surface area contributed by atoms with E-state index >= 15 is 8.78 Å². The summed E-state index contributed by atoms with van der Waals surface area (Å²) in [4.78, 5) is 81.6. The second-order valence-electron chi connectivity index (χ2n) is 15.9. The number of amides is 5. The average Bonchev–Trinajstić information content (AvgIpc) is 3.79. The van der Waals surface area contributed by atoms with E-state index in [4.69, 9.17) is 9.72 Å². The standard InChI is InChI=1S/C44H46F2N10O8S/c1-3-21-65(62,63)52-32-8-7-30(45)41(39(32)46)55-24-29(26-22-47-25-48-23-26)40-33(55)9-11-35(50-40)53(2)27-13-17-54(18-14-27)37(58)15-19-64-20-16-49-31-6-4-5-28-38(31)44(61)56(43(28)60)34-10-12-36(57)51-42(34)59/h4-9,11,22-25,27,34,49,52H,3,10,12-21H2,1-2H3,(H,51,57,59). The van der Waals surface area contributed by atoms with E-state index in [9.17, 15) is 32.4 Å². The SMILES string of the molecule is CCCS(=O)(=O)Nc1ccc(F)c(-n2cc(-c3cncnc3)c3nc(N(C)C4CCN(C(=O)CCOCCNc5cccc6c5C(=O)N(C5CCC(=O)NC5=O)C6=O)CC4)ccc32)c1F. The van der Waals surface area contributed by atoms with Crippen LogP contribution in [0.25, 0.3) is 27.8 Å². The molecule has 21 heteroatoms. The van der Waals surface area contributed by atoms with Crippen molar-refractivity contribution in [3.05, 3.63) is 90.1 Å². The van der Waals surface area contributed by atoms with Crippen LogP contribution in [0, 0.1) is 11.6 Å². The third-order valence-corrected chi connectivity index (χ3v) is 13.2. The molecule has 6 heterocycles. The molecular weight excluding hydrogens is 867 g/mol. The first-order chi connectivity index (χ1) is 31.3. The molecule has 340 valence electrons. The molecule has 5 amide bonds. The number of anilines is 3. The number of benzene rings is 2. The number of fused-ring (bicyclic) bond motifs is 2. The summed E-state index contributed by atoms with van der Waals surface area (Å²) in [5.74, 6) is -4.04. The van der Waals surface area contributed by atoms with Gasteiger partial charge in [0.15, 0.2) is 5.82 Å². The maximum absolute atomic E-state index is 16.1. The monoisotopic (exact) mass is 912 g/mol. The molecule has 0 saturated carbocycles. The molecule has 2 aromatic carbocycles. The number of imide groups is 2. The lowest BCUT2D eigenvalue weighted by Crippen LogP contribution is -2.54. The summed E-state index contributed by atoms with van der Waals surface area (Å²) in [6.07, 6.45) is 7.85. The maximum atomic E-state index is 16.1. The van der Waals surface area contributed by atoms with E-state index in [-0.39, 0.29) is 73.5 Å². The number of aromatic nitrogens is 4. The third kappa shape index (κ3) is 9.10. The van der Waals surface area contributed by atoms with Gasteiger partial charge in [0.05, 0.1) is 53.2 Å². The Balaban J connectivity index is 0.864. The van der Waals surface area contributed by atoms with E-state index in [1.165, 1.54) is 23.2 Å². The predicted molar refractivity (Wildman–Crippen MR) is 235 cm³/mol. The number of piperidine rings is 2. The summed E-state index contributed by atoms with van der Waals surface area (Å²) in [6, 6.07) is 9.25. The van der Waals surface area contributed by atoms with Gasteiger partial charge in [-0.25, -0.2) is 32.2 Å². The van der Waals surface area contributed by atoms with Crippen LogP contribution in [-0.4, -0.2) is 125 Å². The number of hydrogen-bond acceptors (Lipinski definition) is 13. The number of rotatable bonds is 16. The molecular formula is C44H46F2N10O8S. The largest absolute Gasteiger partial charge is 0.382 e. The Bertz CT molecular complexity index is 2800. The number of halogens is 2. The first-order valence-corrected chi connectivity index (χ1v) is 22.8. The summed E-state index contributed by atoms with van der Waals surface area (Å²) in [6.45, 7) is 3.33. The number of pyridine rings is 1. The summed E-state index contributed by atoms with van der Waals surface area (Å²) >= 11 is 0. The molecule has 1 atom stereocenters. The maximum Gasteiger partial charge on any atom is 0.264 e. The number of nitrogens with one attached hydrogen (secondary N) is 3. The summed E-state index contributed by atoms with van der Waals surface area (Å²) in [5.41, 5.74) is 1.68. The Hall–Kier alpha value is -6.87. The molecule has 5 aromatic rings. The highest BCUT2D eigenvalue weighted by Crippen LogP contribution is 2.37. The first-order valence-electron chi connectivity index (χ1n) is 21.2. The van der Waals surface area contributed by atoms with Crippen molar-refractivity contribution in [2.45, 2.75) is 57.5 Å². The molecule has 18 nitrogen and oxygen atoms in total. The van der Waals surface area contributed by atoms with Crippen LogP contribution in [0.2, 0.25) is 0 Å². The minimum atomic E-state index is -3.87. The quantitative estimate of drug-likeness (QED) is 0.0933. The Morgan fingerprint density at radius 3 is 2.46 bits per heavy atom. The van der Waals surface area contributed by atoms with E-state index < -0.39 is 57.0 Å². The molecule has 65 heavy (non-hydrogen) atoms. The molecule has 0 radical (unpaired) electrons. The van der Waals surface area contributed by atoms with Crippen molar-refractivity contribution >= 4 is 67.8 Å². The van der Waals surface area contributed by atoms with E-state index in [0.29, 0.717) is 66.0 Å². The van der Waals surface area contributed by atoms with E-state index in [1.54, 1.807) is 48.5 Å². The van der Waals surface area contributed by atoms with Crippen molar-refractivity contribution < 1.29 is 45.9 Å². The van der Waals surface area contributed by atoms with Gasteiger partial charge in [-0.1, -0.05) is 13.0 Å². The van der Waals surface area contributed by atoms with Crippen molar-refractivity contribution in [1.29, 1.82) is 0 Å². The van der Waals surface area contributed by atoms with Gasteiger partial charge < -0.3 is 24.4 Å². The molecule has 3 aliphatic heterocycles. The predicted octanol–water partition coefficient (Wildman–Crippen LogP) is 4.26.